The summed E-state index contributed by atoms with van der Waals surface area (Å²) in [7, 11) is -1.90. The van der Waals surface area contributed by atoms with Gasteiger partial charge in [-0.15, -0.1) is 13.2 Å². The van der Waals surface area contributed by atoms with Crippen LogP contribution >= 0.6 is 0 Å². The zero-order valence-corrected chi connectivity index (χ0v) is 18.2. The van der Waals surface area contributed by atoms with E-state index < -0.39 is 16.4 Å². The van der Waals surface area contributed by atoms with E-state index in [0.29, 0.717) is 30.9 Å². The molecule has 32 heavy (non-hydrogen) atoms. The van der Waals surface area contributed by atoms with Crippen molar-refractivity contribution < 1.29 is 31.1 Å². The SMILES string of the molecule is CN(CC(=O)Nc1cccc(S(=O)(=O)N2CCCC2)c1)Cc1ccc(OC(F)(F)F)cc1. The molecule has 0 radical (unpaired) electrons. The Morgan fingerprint density at radius 1 is 1.12 bits per heavy atom. The molecule has 0 spiro atoms. The maximum Gasteiger partial charge on any atom is 0.573 e. The van der Waals surface area contributed by atoms with Crippen LogP contribution in [-0.4, -0.2) is 56.6 Å². The van der Waals surface area contributed by atoms with E-state index in [1.54, 1.807) is 24.1 Å². The summed E-state index contributed by atoms with van der Waals surface area (Å²) < 4.78 is 67.3. The van der Waals surface area contributed by atoms with Crippen LogP contribution in [0.1, 0.15) is 18.4 Å². The molecule has 0 saturated carbocycles. The molecule has 0 bridgehead atoms. The van der Waals surface area contributed by atoms with Crippen molar-refractivity contribution in [3.8, 4) is 5.75 Å². The fourth-order valence-electron chi connectivity index (χ4n) is 3.42. The maximum absolute atomic E-state index is 12.7. The Labute approximate surface area is 184 Å². The number of alkyl halides is 3. The third-order valence-corrected chi connectivity index (χ3v) is 6.74. The van der Waals surface area contributed by atoms with Gasteiger partial charge in [-0.3, -0.25) is 9.69 Å². The highest BCUT2D eigenvalue weighted by Crippen LogP contribution is 2.24. The van der Waals surface area contributed by atoms with E-state index in [1.165, 1.54) is 40.7 Å². The number of carbonyl (C=O) groups excluding carboxylic acids is 1. The van der Waals surface area contributed by atoms with Crippen LogP contribution in [0, 0.1) is 0 Å². The molecular formula is C21H24F3N3O4S. The van der Waals surface area contributed by atoms with Gasteiger partial charge in [0.05, 0.1) is 11.4 Å². The zero-order chi connectivity index (χ0) is 23.4. The molecule has 1 saturated heterocycles. The Morgan fingerprint density at radius 2 is 1.78 bits per heavy atom. The molecule has 0 aromatic heterocycles. The van der Waals surface area contributed by atoms with E-state index in [9.17, 15) is 26.4 Å². The Hall–Kier alpha value is -2.63. The number of hydrogen-bond acceptors (Lipinski definition) is 5. The van der Waals surface area contributed by atoms with Crippen molar-refractivity contribution in [1.82, 2.24) is 9.21 Å². The van der Waals surface area contributed by atoms with E-state index in [1.807, 2.05) is 0 Å². The minimum absolute atomic E-state index is 0.00387. The number of hydrogen-bond donors (Lipinski definition) is 1. The standard InChI is InChI=1S/C21H24F3N3O4S/c1-26(14-16-7-9-18(10-8-16)31-21(22,23)24)15-20(28)25-17-5-4-6-19(13-17)32(29,30)27-11-2-3-12-27/h4-10,13H,2-3,11-12,14-15H2,1H3,(H,25,28). The van der Waals surface area contributed by atoms with Gasteiger partial charge in [-0.25, -0.2) is 8.42 Å². The summed E-state index contributed by atoms with van der Waals surface area (Å²) in [6.07, 6.45) is -3.08. The van der Waals surface area contributed by atoms with Gasteiger partial charge in [-0.1, -0.05) is 18.2 Å². The number of anilines is 1. The minimum Gasteiger partial charge on any atom is -0.406 e. The Balaban J connectivity index is 1.55. The van der Waals surface area contributed by atoms with Gasteiger partial charge in [0, 0.05) is 25.3 Å². The predicted octanol–water partition coefficient (Wildman–Crippen LogP) is 3.44. The van der Waals surface area contributed by atoms with Crippen molar-refractivity contribution in [2.24, 2.45) is 0 Å². The molecule has 1 aliphatic heterocycles. The number of likely N-dealkylation sites (N-methyl/N-ethyl adjacent to an activating group) is 1. The van der Waals surface area contributed by atoms with Crippen LogP contribution in [0.3, 0.4) is 0 Å². The first-order valence-electron chi connectivity index (χ1n) is 9.96. The van der Waals surface area contributed by atoms with Gasteiger partial charge in [0.1, 0.15) is 5.75 Å². The lowest BCUT2D eigenvalue weighted by atomic mass is 10.2. The predicted molar refractivity (Wildman–Crippen MR) is 113 cm³/mol. The second-order valence-corrected chi connectivity index (χ2v) is 9.49. The van der Waals surface area contributed by atoms with Crippen molar-refractivity contribution in [3.63, 3.8) is 0 Å². The highest BCUT2D eigenvalue weighted by Gasteiger charge is 2.31. The normalized spacial score (nSPS) is 15.2. The molecule has 0 unspecified atom stereocenters. The van der Waals surface area contributed by atoms with Gasteiger partial charge in [0.2, 0.25) is 15.9 Å². The average Bonchev–Trinajstić information content (AvgIpc) is 3.24. The van der Waals surface area contributed by atoms with E-state index in [0.717, 1.165) is 12.8 Å². The first kappa shape index (κ1) is 24.0. The summed E-state index contributed by atoms with van der Waals surface area (Å²) >= 11 is 0. The molecule has 3 rings (SSSR count). The molecule has 174 valence electrons. The third-order valence-electron chi connectivity index (χ3n) is 4.84. The lowest BCUT2D eigenvalue weighted by molar-refractivity contribution is -0.274. The number of rotatable bonds is 8. The van der Waals surface area contributed by atoms with Crippen molar-refractivity contribution in [1.29, 1.82) is 0 Å². The van der Waals surface area contributed by atoms with Crippen LogP contribution < -0.4 is 10.1 Å². The lowest BCUT2D eigenvalue weighted by Crippen LogP contribution is -2.30. The molecule has 1 N–H and O–H groups in total. The topological polar surface area (TPSA) is 79.0 Å². The van der Waals surface area contributed by atoms with Gasteiger partial charge in [-0.2, -0.15) is 4.31 Å². The number of nitrogens with one attached hydrogen (secondary N) is 1. The van der Waals surface area contributed by atoms with Crippen LogP contribution in [-0.2, 0) is 21.4 Å². The molecule has 2 aromatic rings. The van der Waals surface area contributed by atoms with Crippen LogP contribution in [0.15, 0.2) is 53.4 Å². The third kappa shape index (κ3) is 6.68. The molecule has 1 amide bonds. The first-order valence-corrected chi connectivity index (χ1v) is 11.4. The van der Waals surface area contributed by atoms with Crippen molar-refractivity contribution in [2.45, 2.75) is 30.6 Å². The fourth-order valence-corrected chi connectivity index (χ4v) is 4.99. The van der Waals surface area contributed by atoms with Gasteiger partial charge in [0.25, 0.3) is 0 Å². The number of carbonyl (C=O) groups is 1. The summed E-state index contributed by atoms with van der Waals surface area (Å²) in [5.74, 6) is -0.661. The summed E-state index contributed by atoms with van der Waals surface area (Å²) in [5, 5.41) is 2.69. The molecule has 11 heteroatoms. The molecule has 1 heterocycles. The number of sulfonamides is 1. The lowest BCUT2D eigenvalue weighted by Gasteiger charge is -2.18. The largest absolute Gasteiger partial charge is 0.573 e. The maximum atomic E-state index is 12.7. The molecule has 7 nitrogen and oxygen atoms in total. The Bertz CT molecular complexity index is 1040. The number of amides is 1. The van der Waals surface area contributed by atoms with Crippen molar-refractivity contribution in [2.75, 3.05) is 32.0 Å². The van der Waals surface area contributed by atoms with Gasteiger partial charge in [0.15, 0.2) is 0 Å². The van der Waals surface area contributed by atoms with Crippen LogP contribution in [0.5, 0.6) is 5.75 Å². The molecule has 2 aromatic carbocycles. The van der Waals surface area contributed by atoms with Gasteiger partial charge < -0.3 is 10.1 Å². The van der Waals surface area contributed by atoms with Crippen LogP contribution in [0.2, 0.25) is 0 Å². The van der Waals surface area contributed by atoms with E-state index in [4.69, 9.17) is 0 Å². The molecular weight excluding hydrogens is 447 g/mol. The fraction of sp³-hybridized carbons (Fsp3) is 0.381. The second-order valence-electron chi connectivity index (χ2n) is 7.55. The number of halogens is 3. The number of ether oxygens (including phenoxy) is 1. The van der Waals surface area contributed by atoms with Crippen molar-refractivity contribution >= 4 is 21.6 Å². The highest BCUT2D eigenvalue weighted by molar-refractivity contribution is 7.89. The molecule has 0 atom stereocenters. The smallest absolute Gasteiger partial charge is 0.406 e. The highest BCUT2D eigenvalue weighted by atomic mass is 32.2. The molecule has 1 aliphatic rings. The minimum atomic E-state index is -4.75. The average molecular weight is 472 g/mol. The second kappa shape index (κ2) is 9.88. The van der Waals surface area contributed by atoms with E-state index in [-0.39, 0.29) is 23.1 Å². The van der Waals surface area contributed by atoms with Gasteiger partial charge in [-0.05, 0) is 55.8 Å². The van der Waals surface area contributed by atoms with Crippen molar-refractivity contribution in [3.05, 3.63) is 54.1 Å². The quantitative estimate of drug-likeness (QED) is 0.638. The van der Waals surface area contributed by atoms with Gasteiger partial charge >= 0.3 is 6.36 Å². The van der Waals surface area contributed by atoms with E-state index >= 15 is 0 Å². The summed E-state index contributed by atoms with van der Waals surface area (Å²) in [6.45, 7) is 1.31. The Kier molecular flexibility index (Phi) is 7.42. The number of nitrogens with zero attached hydrogens (tertiary/aromatic N) is 2. The summed E-state index contributed by atoms with van der Waals surface area (Å²) in [4.78, 5) is 14.2. The van der Waals surface area contributed by atoms with E-state index in [2.05, 4.69) is 10.1 Å². The number of benzene rings is 2. The van der Waals surface area contributed by atoms with Crippen LogP contribution in [0.25, 0.3) is 0 Å². The Morgan fingerprint density at radius 3 is 2.41 bits per heavy atom. The molecule has 0 aliphatic carbocycles. The zero-order valence-electron chi connectivity index (χ0n) is 17.4. The first-order chi connectivity index (χ1) is 15.0. The summed E-state index contributed by atoms with van der Waals surface area (Å²) in [5.41, 5.74) is 1.07. The molecule has 1 fully saturated rings. The van der Waals surface area contributed by atoms with Crippen LogP contribution in [0.4, 0.5) is 18.9 Å². The summed E-state index contributed by atoms with van der Waals surface area (Å²) in [6, 6.07) is 11.5. The monoisotopic (exact) mass is 471 g/mol.